The molecule has 0 atom stereocenters. The molecule has 1 aromatic carbocycles. The Bertz CT molecular complexity index is 385. The molecule has 0 aliphatic heterocycles. The van der Waals surface area contributed by atoms with Crippen LogP contribution in [0.25, 0.3) is 10.9 Å². The summed E-state index contributed by atoms with van der Waals surface area (Å²) in [6.07, 6.45) is 1.77. The summed E-state index contributed by atoms with van der Waals surface area (Å²) in [7, 11) is 0. The van der Waals surface area contributed by atoms with Gasteiger partial charge in [-0.2, -0.15) is 0 Å². The van der Waals surface area contributed by atoms with E-state index in [-0.39, 0.29) is 0 Å². The minimum atomic E-state index is 0.748. The van der Waals surface area contributed by atoms with Crippen LogP contribution < -0.4 is 5.73 Å². The second-order valence-corrected chi connectivity index (χ2v) is 3.52. The van der Waals surface area contributed by atoms with E-state index in [1.54, 1.807) is 6.20 Å². The summed E-state index contributed by atoms with van der Waals surface area (Å²) in [6, 6.07) is 7.71. The number of hydrogen-bond acceptors (Lipinski definition) is 2. The van der Waals surface area contributed by atoms with Gasteiger partial charge < -0.3 is 5.73 Å². The first kappa shape index (κ1) is 7.55. The Kier molecular flexibility index (Phi) is 1.73. The third-order valence-corrected chi connectivity index (χ3v) is 2.11. The van der Waals surface area contributed by atoms with Crippen LogP contribution in [0.4, 0.5) is 5.69 Å². The van der Waals surface area contributed by atoms with Gasteiger partial charge in [0.25, 0.3) is 0 Å². The number of nitrogens with zero attached hydrogens (tertiary/aromatic N) is 1. The smallest absolute Gasteiger partial charge is 0.0723 e. The van der Waals surface area contributed by atoms with Crippen LogP contribution in [0.15, 0.2) is 34.9 Å². The molecule has 2 N–H and O–H groups in total. The lowest BCUT2D eigenvalue weighted by Gasteiger charge is -1.98. The highest BCUT2D eigenvalue weighted by Crippen LogP contribution is 2.18. The molecule has 0 amide bonds. The Hall–Kier alpha value is -1.09. The highest BCUT2D eigenvalue weighted by Gasteiger charge is 1.95. The normalized spacial score (nSPS) is 10.4. The summed E-state index contributed by atoms with van der Waals surface area (Å²) in [5, 5.41) is 1.10. The summed E-state index contributed by atoms with van der Waals surface area (Å²) in [6.45, 7) is 0. The van der Waals surface area contributed by atoms with Crippen molar-refractivity contribution in [3.63, 3.8) is 0 Å². The van der Waals surface area contributed by atoms with Crippen molar-refractivity contribution in [1.29, 1.82) is 0 Å². The third-order valence-electron chi connectivity index (χ3n) is 1.67. The Morgan fingerprint density at radius 3 is 2.92 bits per heavy atom. The van der Waals surface area contributed by atoms with Gasteiger partial charge >= 0.3 is 0 Å². The van der Waals surface area contributed by atoms with Crippen molar-refractivity contribution < 1.29 is 0 Å². The summed E-state index contributed by atoms with van der Waals surface area (Å²) >= 11 is 3.36. The number of hydrogen-bond donors (Lipinski definition) is 1. The van der Waals surface area contributed by atoms with Crippen LogP contribution in [0.5, 0.6) is 0 Å². The maximum absolute atomic E-state index is 5.61. The first-order valence-electron chi connectivity index (χ1n) is 3.56. The zero-order valence-corrected chi connectivity index (χ0v) is 7.88. The number of halogens is 1. The minimum absolute atomic E-state index is 0.748. The van der Waals surface area contributed by atoms with E-state index in [1.807, 2.05) is 24.3 Å². The second kappa shape index (κ2) is 2.75. The molecular formula is C9H7BrN2. The molecule has 12 heavy (non-hydrogen) atoms. The minimum Gasteiger partial charge on any atom is -0.399 e. The number of nitrogens with two attached hydrogens (primary N) is 1. The average Bonchev–Trinajstić information content (AvgIpc) is 2.05. The standard InChI is InChI=1S/C9H7BrN2/c10-7-3-6-1-2-8(11)4-9(6)12-5-7/h1-5H,11H2. The third kappa shape index (κ3) is 1.28. The maximum Gasteiger partial charge on any atom is 0.0723 e. The van der Waals surface area contributed by atoms with E-state index in [1.165, 1.54) is 0 Å². The SMILES string of the molecule is Nc1ccc2cc(Br)cnc2c1. The number of anilines is 1. The Morgan fingerprint density at radius 1 is 1.25 bits per heavy atom. The van der Waals surface area contributed by atoms with E-state index in [9.17, 15) is 0 Å². The highest BCUT2D eigenvalue weighted by atomic mass is 79.9. The molecule has 60 valence electrons. The van der Waals surface area contributed by atoms with Gasteiger partial charge in [0.05, 0.1) is 5.52 Å². The van der Waals surface area contributed by atoms with Gasteiger partial charge in [0.15, 0.2) is 0 Å². The van der Waals surface area contributed by atoms with Gasteiger partial charge in [-0.25, -0.2) is 0 Å². The molecule has 2 nitrogen and oxygen atoms in total. The zero-order valence-electron chi connectivity index (χ0n) is 6.29. The number of nitrogen functional groups attached to an aromatic ring is 1. The summed E-state index contributed by atoms with van der Waals surface area (Å²) < 4.78 is 0.986. The number of rotatable bonds is 0. The summed E-state index contributed by atoms with van der Waals surface area (Å²) in [5.74, 6) is 0. The quantitative estimate of drug-likeness (QED) is 0.697. The Morgan fingerprint density at radius 2 is 2.08 bits per heavy atom. The van der Waals surface area contributed by atoms with Gasteiger partial charge in [0, 0.05) is 21.7 Å². The Labute approximate surface area is 78.5 Å². The molecule has 0 saturated carbocycles. The van der Waals surface area contributed by atoms with Gasteiger partial charge in [-0.3, -0.25) is 4.98 Å². The molecule has 0 unspecified atom stereocenters. The highest BCUT2D eigenvalue weighted by molar-refractivity contribution is 9.10. The topological polar surface area (TPSA) is 38.9 Å². The summed E-state index contributed by atoms with van der Waals surface area (Å²) in [4.78, 5) is 4.21. The van der Waals surface area contributed by atoms with E-state index in [4.69, 9.17) is 5.73 Å². The largest absolute Gasteiger partial charge is 0.399 e. The molecule has 0 aliphatic rings. The second-order valence-electron chi connectivity index (χ2n) is 2.61. The molecular weight excluding hydrogens is 216 g/mol. The van der Waals surface area contributed by atoms with E-state index < -0.39 is 0 Å². The number of benzene rings is 1. The van der Waals surface area contributed by atoms with Crippen molar-refractivity contribution in [3.05, 3.63) is 34.9 Å². The lowest BCUT2D eigenvalue weighted by molar-refractivity contribution is 1.39. The van der Waals surface area contributed by atoms with E-state index in [0.717, 1.165) is 21.1 Å². The first-order valence-corrected chi connectivity index (χ1v) is 4.36. The molecule has 0 spiro atoms. The van der Waals surface area contributed by atoms with Crippen LogP contribution in [-0.4, -0.2) is 4.98 Å². The van der Waals surface area contributed by atoms with Crippen molar-refractivity contribution in [1.82, 2.24) is 4.98 Å². The van der Waals surface area contributed by atoms with Crippen LogP contribution in [0.2, 0.25) is 0 Å². The van der Waals surface area contributed by atoms with E-state index in [0.29, 0.717) is 0 Å². The van der Waals surface area contributed by atoms with Gasteiger partial charge in [-0.05, 0) is 34.1 Å². The predicted octanol–water partition coefficient (Wildman–Crippen LogP) is 2.58. The molecule has 2 rings (SSSR count). The van der Waals surface area contributed by atoms with E-state index in [2.05, 4.69) is 20.9 Å². The van der Waals surface area contributed by atoms with Crippen LogP contribution in [0.1, 0.15) is 0 Å². The fraction of sp³-hybridized carbons (Fsp3) is 0. The molecule has 0 fully saturated rings. The van der Waals surface area contributed by atoms with Gasteiger partial charge in [0.2, 0.25) is 0 Å². The monoisotopic (exact) mass is 222 g/mol. The van der Waals surface area contributed by atoms with Crippen LogP contribution in [-0.2, 0) is 0 Å². The zero-order chi connectivity index (χ0) is 8.55. The molecule has 1 heterocycles. The fourth-order valence-electron chi connectivity index (χ4n) is 1.11. The number of pyridine rings is 1. The molecule has 0 saturated heterocycles. The molecule has 0 aliphatic carbocycles. The molecule has 0 bridgehead atoms. The fourth-order valence-corrected chi connectivity index (χ4v) is 1.46. The van der Waals surface area contributed by atoms with Gasteiger partial charge in [-0.15, -0.1) is 0 Å². The van der Waals surface area contributed by atoms with Crippen LogP contribution in [0, 0.1) is 0 Å². The van der Waals surface area contributed by atoms with Crippen molar-refractivity contribution in [2.45, 2.75) is 0 Å². The lowest BCUT2D eigenvalue weighted by atomic mass is 10.2. The predicted molar refractivity (Wildman–Crippen MR) is 53.9 cm³/mol. The van der Waals surface area contributed by atoms with Crippen LogP contribution >= 0.6 is 15.9 Å². The number of fused-ring (bicyclic) bond motifs is 1. The summed E-state index contributed by atoms with van der Waals surface area (Å²) in [5.41, 5.74) is 7.29. The van der Waals surface area contributed by atoms with Crippen molar-refractivity contribution >= 4 is 32.5 Å². The molecule has 1 aromatic heterocycles. The molecule has 3 heteroatoms. The van der Waals surface area contributed by atoms with Crippen molar-refractivity contribution in [2.24, 2.45) is 0 Å². The molecule has 0 radical (unpaired) electrons. The van der Waals surface area contributed by atoms with Crippen molar-refractivity contribution in [2.75, 3.05) is 5.73 Å². The maximum atomic E-state index is 5.61. The Balaban J connectivity index is 2.79. The first-order chi connectivity index (χ1) is 5.75. The lowest BCUT2D eigenvalue weighted by Crippen LogP contribution is -1.85. The average molecular weight is 223 g/mol. The molecule has 2 aromatic rings. The van der Waals surface area contributed by atoms with Gasteiger partial charge in [0.1, 0.15) is 0 Å². The number of aromatic nitrogens is 1. The van der Waals surface area contributed by atoms with E-state index >= 15 is 0 Å². The van der Waals surface area contributed by atoms with Crippen LogP contribution in [0.3, 0.4) is 0 Å². The van der Waals surface area contributed by atoms with Crippen molar-refractivity contribution in [3.8, 4) is 0 Å². The van der Waals surface area contributed by atoms with Gasteiger partial charge in [-0.1, -0.05) is 6.07 Å².